The van der Waals surface area contributed by atoms with Crippen molar-refractivity contribution in [3.8, 4) is 0 Å². The molecule has 0 aromatic heterocycles. The molecule has 2 fully saturated rings. The van der Waals surface area contributed by atoms with Crippen LogP contribution in [0.4, 0.5) is 8.78 Å². The third-order valence-corrected chi connectivity index (χ3v) is 5.92. The van der Waals surface area contributed by atoms with E-state index in [1.165, 1.54) is 18.2 Å². The van der Waals surface area contributed by atoms with E-state index in [2.05, 4.69) is 10.0 Å². The minimum Gasteiger partial charge on any atom is -0.760 e. The monoisotopic (exact) mass is 387 g/mol. The van der Waals surface area contributed by atoms with Crippen LogP contribution in [-0.2, 0) is 16.0 Å². The molecule has 1 aliphatic heterocycles. The molecule has 3 rings (SSSR count). The number of halogens is 2. The van der Waals surface area contributed by atoms with Crippen molar-refractivity contribution in [3.05, 3.63) is 35.4 Å². The van der Waals surface area contributed by atoms with Crippen molar-refractivity contribution < 1.29 is 22.3 Å². The molecule has 1 aromatic rings. The van der Waals surface area contributed by atoms with Gasteiger partial charge in [-0.1, -0.05) is 6.07 Å². The molecule has 1 saturated carbocycles. The summed E-state index contributed by atoms with van der Waals surface area (Å²) in [6, 6.07) is 3.79. The van der Waals surface area contributed by atoms with Gasteiger partial charge < -0.3 is 14.6 Å². The van der Waals surface area contributed by atoms with Crippen LogP contribution in [0.3, 0.4) is 0 Å². The summed E-state index contributed by atoms with van der Waals surface area (Å²) in [6.07, 6.45) is 4.62. The topological polar surface area (TPSA) is 73.4 Å². The average molecular weight is 387 g/mol. The van der Waals surface area contributed by atoms with Crippen molar-refractivity contribution >= 4 is 11.3 Å². The molecule has 146 valence electrons. The lowest BCUT2D eigenvalue weighted by molar-refractivity contribution is 0.00485. The van der Waals surface area contributed by atoms with Crippen LogP contribution in [0.5, 0.6) is 0 Å². The summed E-state index contributed by atoms with van der Waals surface area (Å²) in [7, 11) is 0. The second-order valence-electron chi connectivity index (χ2n) is 7.10. The molecule has 8 heteroatoms. The van der Waals surface area contributed by atoms with Gasteiger partial charge in [0.05, 0.1) is 12.7 Å². The molecule has 3 atom stereocenters. The average Bonchev–Trinajstić information content (AvgIpc) is 2.61. The third kappa shape index (κ3) is 5.07. The maximum atomic E-state index is 13.9. The van der Waals surface area contributed by atoms with E-state index in [9.17, 15) is 17.5 Å². The molecule has 1 unspecified atom stereocenters. The van der Waals surface area contributed by atoms with Gasteiger partial charge >= 0.3 is 0 Å². The predicted octanol–water partition coefficient (Wildman–Crippen LogP) is 2.51. The number of ether oxygens (including phenoxy) is 1. The number of nitrogens with one attached hydrogen (secondary N) is 2. The first-order valence-electron chi connectivity index (χ1n) is 9.19. The quantitative estimate of drug-likeness (QED) is 0.736. The second kappa shape index (κ2) is 9.32. The van der Waals surface area contributed by atoms with Gasteiger partial charge in [0.15, 0.2) is 0 Å². The Labute approximate surface area is 155 Å². The largest absolute Gasteiger partial charge is 0.760 e. The summed E-state index contributed by atoms with van der Waals surface area (Å²) in [5, 5.41) is 3.30. The highest BCUT2D eigenvalue weighted by Crippen LogP contribution is 2.36. The van der Waals surface area contributed by atoms with E-state index in [-0.39, 0.29) is 29.7 Å². The lowest BCUT2D eigenvalue weighted by Gasteiger charge is -2.35. The van der Waals surface area contributed by atoms with E-state index in [1.54, 1.807) is 0 Å². The highest BCUT2D eigenvalue weighted by molar-refractivity contribution is 7.77. The van der Waals surface area contributed by atoms with E-state index in [0.29, 0.717) is 19.4 Å². The standard InChI is InChI=1S/C18H26F2N2O3S/c19-14-3-1-4-15(20)18(14)12-6-8-13(9-7-12)25-11-17-16(22-26(23)24)5-2-10-21-17/h1,3-4,12-13,16-17,21-22H,2,5-11H2,(H,23,24)/p-1/t12?,13?,16-,17-/m0/s1. The Morgan fingerprint density at radius 1 is 1.19 bits per heavy atom. The lowest BCUT2D eigenvalue weighted by Crippen LogP contribution is -2.54. The van der Waals surface area contributed by atoms with Crippen molar-refractivity contribution in [3.63, 3.8) is 0 Å². The number of benzene rings is 1. The van der Waals surface area contributed by atoms with E-state index >= 15 is 0 Å². The van der Waals surface area contributed by atoms with Gasteiger partial charge in [0.25, 0.3) is 0 Å². The van der Waals surface area contributed by atoms with E-state index in [0.717, 1.165) is 32.2 Å². The molecule has 26 heavy (non-hydrogen) atoms. The van der Waals surface area contributed by atoms with Crippen LogP contribution < -0.4 is 10.0 Å². The van der Waals surface area contributed by atoms with Crippen LogP contribution in [0.2, 0.25) is 0 Å². The maximum Gasteiger partial charge on any atom is 0.129 e. The molecule has 1 aliphatic carbocycles. The first kappa shape index (κ1) is 19.8. The zero-order valence-corrected chi connectivity index (χ0v) is 15.4. The fraction of sp³-hybridized carbons (Fsp3) is 0.667. The smallest absolute Gasteiger partial charge is 0.129 e. The molecule has 2 N–H and O–H groups in total. The van der Waals surface area contributed by atoms with Crippen molar-refractivity contribution in [2.45, 2.75) is 62.6 Å². The molecule has 0 amide bonds. The molecule has 1 aromatic carbocycles. The van der Waals surface area contributed by atoms with E-state index in [4.69, 9.17) is 4.74 Å². The zero-order chi connectivity index (χ0) is 18.5. The summed E-state index contributed by atoms with van der Waals surface area (Å²) < 4.78 is 58.2. The van der Waals surface area contributed by atoms with Crippen LogP contribution in [-0.4, -0.2) is 40.1 Å². The Kier molecular flexibility index (Phi) is 7.11. The third-order valence-electron chi connectivity index (χ3n) is 5.43. The van der Waals surface area contributed by atoms with Crippen molar-refractivity contribution in [2.24, 2.45) is 0 Å². The SMILES string of the molecule is O=S([O-])N[C@H]1CCCN[C@H]1COC1CCC(c2c(F)cccc2F)CC1. The van der Waals surface area contributed by atoms with Gasteiger partial charge in [-0.3, -0.25) is 4.21 Å². The number of hydrogen-bond donors (Lipinski definition) is 2. The molecule has 2 aliphatic rings. The van der Waals surface area contributed by atoms with E-state index < -0.39 is 22.9 Å². The zero-order valence-electron chi connectivity index (χ0n) is 14.6. The van der Waals surface area contributed by atoms with Crippen LogP contribution in [0.1, 0.15) is 50.0 Å². The summed E-state index contributed by atoms with van der Waals surface area (Å²) >= 11 is -2.29. The van der Waals surface area contributed by atoms with Crippen LogP contribution in [0.25, 0.3) is 0 Å². The van der Waals surface area contributed by atoms with Crippen molar-refractivity contribution in [1.82, 2.24) is 10.0 Å². The van der Waals surface area contributed by atoms with Crippen LogP contribution in [0.15, 0.2) is 18.2 Å². The second-order valence-corrected chi connectivity index (χ2v) is 7.81. The summed E-state index contributed by atoms with van der Waals surface area (Å²) in [6.45, 7) is 1.27. The maximum absolute atomic E-state index is 13.9. The number of piperidine rings is 1. The van der Waals surface area contributed by atoms with Crippen molar-refractivity contribution in [1.29, 1.82) is 0 Å². The molecular formula is C18H25F2N2O3S-. The molecule has 1 saturated heterocycles. The number of hydrogen-bond acceptors (Lipinski definition) is 4. The Balaban J connectivity index is 1.49. The minimum absolute atomic E-state index is 0.0446. The Morgan fingerprint density at radius 3 is 2.54 bits per heavy atom. The Hall–Kier alpha value is -0.930. The summed E-state index contributed by atoms with van der Waals surface area (Å²) in [4.78, 5) is 0. The van der Waals surface area contributed by atoms with Gasteiger partial charge in [0.1, 0.15) is 11.6 Å². The van der Waals surface area contributed by atoms with Gasteiger partial charge in [-0.05, 0) is 63.1 Å². The molecule has 0 spiro atoms. The highest BCUT2D eigenvalue weighted by Gasteiger charge is 2.29. The van der Waals surface area contributed by atoms with Gasteiger partial charge in [0, 0.05) is 28.9 Å². The summed E-state index contributed by atoms with van der Waals surface area (Å²) in [5.41, 5.74) is 0.196. The minimum atomic E-state index is -2.29. The summed E-state index contributed by atoms with van der Waals surface area (Å²) in [5.74, 6) is -1.05. The fourth-order valence-corrected chi connectivity index (χ4v) is 4.58. The van der Waals surface area contributed by atoms with Gasteiger partial charge in [-0.15, -0.1) is 0 Å². The van der Waals surface area contributed by atoms with Gasteiger partial charge in [-0.2, -0.15) is 0 Å². The first-order valence-corrected chi connectivity index (χ1v) is 10.3. The van der Waals surface area contributed by atoms with Crippen LogP contribution >= 0.6 is 0 Å². The molecular weight excluding hydrogens is 362 g/mol. The fourth-order valence-electron chi connectivity index (χ4n) is 4.05. The predicted molar refractivity (Wildman–Crippen MR) is 94.2 cm³/mol. The molecule has 0 radical (unpaired) electrons. The van der Waals surface area contributed by atoms with E-state index in [1.807, 2.05) is 0 Å². The Morgan fingerprint density at radius 2 is 1.88 bits per heavy atom. The normalized spacial score (nSPS) is 30.9. The van der Waals surface area contributed by atoms with Gasteiger partial charge in [0.2, 0.25) is 0 Å². The highest BCUT2D eigenvalue weighted by atomic mass is 32.2. The van der Waals surface area contributed by atoms with Gasteiger partial charge in [-0.25, -0.2) is 13.5 Å². The molecule has 0 bridgehead atoms. The van der Waals surface area contributed by atoms with Crippen LogP contribution in [0, 0.1) is 11.6 Å². The first-order chi connectivity index (χ1) is 12.5. The molecule has 1 heterocycles. The molecule has 5 nitrogen and oxygen atoms in total. The van der Waals surface area contributed by atoms with Crippen molar-refractivity contribution in [2.75, 3.05) is 13.2 Å². The number of rotatable bonds is 6. The Bertz CT molecular complexity index is 606. The lowest BCUT2D eigenvalue weighted by atomic mass is 9.82.